The molecule has 2 aromatic rings. The van der Waals surface area contributed by atoms with Gasteiger partial charge in [0.25, 0.3) is 0 Å². The first-order valence-electron chi connectivity index (χ1n) is 5.50. The highest BCUT2D eigenvalue weighted by Crippen LogP contribution is 2.28. The first-order chi connectivity index (χ1) is 8.22. The van der Waals surface area contributed by atoms with Crippen LogP contribution in [0, 0.1) is 6.92 Å². The summed E-state index contributed by atoms with van der Waals surface area (Å²) in [4.78, 5) is 1.15. The molecule has 0 spiro atoms. The molecule has 1 unspecified atom stereocenters. The van der Waals surface area contributed by atoms with Crippen molar-refractivity contribution in [3.8, 4) is 0 Å². The second-order valence-electron chi connectivity index (χ2n) is 3.77. The van der Waals surface area contributed by atoms with Gasteiger partial charge in [0.2, 0.25) is 0 Å². The van der Waals surface area contributed by atoms with E-state index in [2.05, 4.69) is 27.9 Å². The number of nitrogens with zero attached hydrogens (tertiary/aromatic N) is 2. The maximum atomic E-state index is 6.03. The molecule has 0 aliphatic rings. The van der Waals surface area contributed by atoms with Crippen molar-refractivity contribution in [2.75, 3.05) is 6.54 Å². The van der Waals surface area contributed by atoms with E-state index in [-0.39, 0.29) is 6.04 Å². The summed E-state index contributed by atoms with van der Waals surface area (Å²) in [6.45, 7) is 4.95. The lowest BCUT2D eigenvalue weighted by molar-refractivity contribution is 0.635. The SMILES string of the molecule is CCNC(c1cccc(Cl)c1)c1snnc1C. The van der Waals surface area contributed by atoms with E-state index >= 15 is 0 Å². The molecule has 1 N–H and O–H groups in total. The molecule has 90 valence electrons. The second-order valence-corrected chi connectivity index (χ2v) is 4.99. The smallest absolute Gasteiger partial charge is 0.0776 e. The van der Waals surface area contributed by atoms with Crippen molar-refractivity contribution in [2.45, 2.75) is 19.9 Å². The Bertz CT molecular complexity index is 498. The summed E-state index contributed by atoms with van der Waals surface area (Å²) in [6, 6.07) is 8.02. The average molecular weight is 268 g/mol. The molecule has 1 atom stereocenters. The maximum absolute atomic E-state index is 6.03. The predicted molar refractivity (Wildman–Crippen MR) is 71.6 cm³/mol. The van der Waals surface area contributed by atoms with Crippen LogP contribution in [-0.4, -0.2) is 16.1 Å². The van der Waals surface area contributed by atoms with Crippen LogP contribution in [0.5, 0.6) is 0 Å². The normalized spacial score (nSPS) is 12.6. The summed E-state index contributed by atoms with van der Waals surface area (Å²) < 4.78 is 3.99. The van der Waals surface area contributed by atoms with Gasteiger partial charge < -0.3 is 5.32 Å². The van der Waals surface area contributed by atoms with E-state index in [0.29, 0.717) is 0 Å². The monoisotopic (exact) mass is 267 g/mol. The summed E-state index contributed by atoms with van der Waals surface area (Å²) in [7, 11) is 0. The van der Waals surface area contributed by atoms with E-state index in [1.165, 1.54) is 11.5 Å². The third-order valence-electron chi connectivity index (χ3n) is 2.54. The number of hydrogen-bond donors (Lipinski definition) is 1. The van der Waals surface area contributed by atoms with Crippen LogP contribution in [0.25, 0.3) is 0 Å². The highest BCUT2D eigenvalue weighted by Gasteiger charge is 2.18. The molecule has 3 nitrogen and oxygen atoms in total. The van der Waals surface area contributed by atoms with Crippen molar-refractivity contribution in [3.05, 3.63) is 45.4 Å². The molecule has 0 bridgehead atoms. The van der Waals surface area contributed by atoms with Crippen molar-refractivity contribution in [1.82, 2.24) is 14.9 Å². The van der Waals surface area contributed by atoms with E-state index < -0.39 is 0 Å². The number of halogens is 1. The Hall–Kier alpha value is -0.970. The maximum Gasteiger partial charge on any atom is 0.0776 e. The number of hydrogen-bond acceptors (Lipinski definition) is 4. The van der Waals surface area contributed by atoms with Gasteiger partial charge in [0.1, 0.15) is 0 Å². The zero-order chi connectivity index (χ0) is 12.3. The summed E-state index contributed by atoms with van der Waals surface area (Å²) >= 11 is 7.47. The highest BCUT2D eigenvalue weighted by atomic mass is 35.5. The van der Waals surface area contributed by atoms with Gasteiger partial charge in [-0.15, -0.1) is 5.10 Å². The predicted octanol–water partition coefficient (Wildman–Crippen LogP) is 3.20. The van der Waals surface area contributed by atoms with E-state index in [1.54, 1.807) is 0 Å². The van der Waals surface area contributed by atoms with Crippen LogP contribution in [0.4, 0.5) is 0 Å². The minimum atomic E-state index is 0.124. The topological polar surface area (TPSA) is 37.8 Å². The summed E-state index contributed by atoms with van der Waals surface area (Å²) in [5.41, 5.74) is 2.12. The zero-order valence-corrected chi connectivity index (χ0v) is 11.3. The van der Waals surface area contributed by atoms with Crippen LogP contribution in [-0.2, 0) is 0 Å². The van der Waals surface area contributed by atoms with Crippen molar-refractivity contribution in [1.29, 1.82) is 0 Å². The van der Waals surface area contributed by atoms with Gasteiger partial charge in [-0.1, -0.05) is 35.1 Å². The van der Waals surface area contributed by atoms with Gasteiger partial charge >= 0.3 is 0 Å². The number of aryl methyl sites for hydroxylation is 1. The van der Waals surface area contributed by atoms with E-state index in [9.17, 15) is 0 Å². The summed E-state index contributed by atoms with van der Waals surface area (Å²) in [5.74, 6) is 0. The van der Waals surface area contributed by atoms with Crippen LogP contribution in [0.2, 0.25) is 5.02 Å². The van der Waals surface area contributed by atoms with Gasteiger partial charge in [0.05, 0.1) is 16.6 Å². The Morgan fingerprint density at radius 2 is 2.29 bits per heavy atom. The number of aromatic nitrogens is 2. The van der Waals surface area contributed by atoms with Gasteiger partial charge in [-0.25, -0.2) is 0 Å². The van der Waals surface area contributed by atoms with Crippen molar-refractivity contribution in [3.63, 3.8) is 0 Å². The molecular weight excluding hydrogens is 254 g/mol. The molecule has 0 amide bonds. The Kier molecular flexibility index (Phi) is 4.10. The van der Waals surface area contributed by atoms with Gasteiger partial charge in [0.15, 0.2) is 0 Å². The molecule has 17 heavy (non-hydrogen) atoms. The summed E-state index contributed by atoms with van der Waals surface area (Å²) in [5, 5.41) is 8.25. The van der Waals surface area contributed by atoms with E-state index in [4.69, 9.17) is 11.6 Å². The minimum Gasteiger partial charge on any atom is -0.306 e. The van der Waals surface area contributed by atoms with Gasteiger partial charge in [0, 0.05) is 5.02 Å². The third kappa shape index (κ3) is 2.83. The lowest BCUT2D eigenvalue weighted by Gasteiger charge is -2.17. The molecule has 2 rings (SSSR count). The van der Waals surface area contributed by atoms with Gasteiger partial charge in [-0.05, 0) is 42.7 Å². The third-order valence-corrected chi connectivity index (χ3v) is 3.67. The van der Waals surface area contributed by atoms with E-state index in [0.717, 1.165) is 27.7 Å². The highest BCUT2D eigenvalue weighted by molar-refractivity contribution is 7.05. The molecule has 5 heteroatoms. The number of benzene rings is 1. The first kappa shape index (κ1) is 12.5. The fraction of sp³-hybridized carbons (Fsp3) is 0.333. The molecule has 0 fully saturated rings. The number of nitrogens with one attached hydrogen (secondary N) is 1. The first-order valence-corrected chi connectivity index (χ1v) is 6.65. The molecule has 1 aromatic carbocycles. The molecule has 0 aliphatic heterocycles. The van der Waals surface area contributed by atoms with Crippen molar-refractivity contribution >= 4 is 23.1 Å². The zero-order valence-electron chi connectivity index (χ0n) is 9.77. The van der Waals surface area contributed by atoms with Crippen LogP contribution in [0.3, 0.4) is 0 Å². The van der Waals surface area contributed by atoms with Crippen LogP contribution < -0.4 is 5.32 Å². The Morgan fingerprint density at radius 1 is 1.47 bits per heavy atom. The standard InChI is InChI=1S/C12H14ClN3S/c1-3-14-11(12-8(2)15-16-17-12)9-5-4-6-10(13)7-9/h4-7,11,14H,3H2,1-2H3. The molecule has 1 aromatic heterocycles. The molecule has 0 saturated carbocycles. The largest absolute Gasteiger partial charge is 0.306 e. The molecule has 0 radical (unpaired) electrons. The van der Waals surface area contributed by atoms with E-state index in [1.807, 2.05) is 25.1 Å². The second kappa shape index (κ2) is 5.58. The molecule has 1 heterocycles. The average Bonchev–Trinajstić information content (AvgIpc) is 2.72. The van der Waals surface area contributed by atoms with Crippen LogP contribution in [0.1, 0.15) is 29.1 Å². The van der Waals surface area contributed by atoms with Gasteiger partial charge in [-0.2, -0.15) is 0 Å². The molecular formula is C12H14ClN3S. The van der Waals surface area contributed by atoms with Crippen molar-refractivity contribution < 1.29 is 0 Å². The summed E-state index contributed by atoms with van der Waals surface area (Å²) in [6.07, 6.45) is 0. The van der Waals surface area contributed by atoms with Crippen LogP contribution >= 0.6 is 23.1 Å². The number of rotatable bonds is 4. The minimum absolute atomic E-state index is 0.124. The Morgan fingerprint density at radius 3 is 2.88 bits per heavy atom. The Balaban J connectivity index is 2.39. The lowest BCUT2D eigenvalue weighted by atomic mass is 10.0. The lowest BCUT2D eigenvalue weighted by Crippen LogP contribution is -2.21. The fourth-order valence-electron chi connectivity index (χ4n) is 1.75. The molecule has 0 saturated heterocycles. The Labute approximate surface area is 110 Å². The molecule has 0 aliphatic carbocycles. The van der Waals surface area contributed by atoms with Gasteiger partial charge in [-0.3, -0.25) is 0 Å². The van der Waals surface area contributed by atoms with Crippen molar-refractivity contribution in [2.24, 2.45) is 0 Å². The quantitative estimate of drug-likeness (QED) is 0.924. The fourth-order valence-corrected chi connectivity index (χ4v) is 2.70. The van der Waals surface area contributed by atoms with Crippen LogP contribution in [0.15, 0.2) is 24.3 Å².